The van der Waals surface area contributed by atoms with Crippen LogP contribution in [0.1, 0.15) is 10.4 Å². The van der Waals surface area contributed by atoms with E-state index in [2.05, 4.69) is 47.6 Å². The summed E-state index contributed by atoms with van der Waals surface area (Å²) in [6.45, 7) is 0. The number of hydrazine groups is 1. The molecule has 0 radical (unpaired) electrons. The number of benzene rings is 1. The average Bonchev–Trinajstić information content (AvgIpc) is 2.42. The molecule has 1 heterocycles. The Morgan fingerprint density at radius 2 is 2.00 bits per heavy atom. The minimum atomic E-state index is -0.535. The van der Waals surface area contributed by atoms with E-state index in [1.807, 2.05) is 0 Å². The van der Waals surface area contributed by atoms with Crippen molar-refractivity contribution in [1.82, 2.24) is 4.98 Å². The molecule has 1 amide bonds. The van der Waals surface area contributed by atoms with Crippen molar-refractivity contribution in [3.05, 3.63) is 50.8 Å². The predicted octanol–water partition coefficient (Wildman–Crippen LogP) is 3.28. The zero-order valence-corrected chi connectivity index (χ0v) is 13.1. The molecule has 0 aliphatic carbocycles. The molecule has 2 rings (SSSR count). The van der Waals surface area contributed by atoms with Gasteiger partial charge < -0.3 is 10.7 Å². The van der Waals surface area contributed by atoms with Gasteiger partial charge in [-0.3, -0.25) is 4.79 Å². The van der Waals surface area contributed by atoms with Crippen LogP contribution in [0.5, 0.6) is 0 Å². The Morgan fingerprint density at radius 3 is 2.70 bits per heavy atom. The Bertz CT molecular complexity index is 666. The van der Waals surface area contributed by atoms with Crippen LogP contribution in [-0.2, 0) is 0 Å². The summed E-state index contributed by atoms with van der Waals surface area (Å²) >= 11 is 6.42. The first-order chi connectivity index (χ1) is 9.51. The Balaban J connectivity index is 2.32. The largest absolute Gasteiger partial charge is 0.319 e. The smallest absolute Gasteiger partial charge is 0.259 e. The van der Waals surface area contributed by atoms with Gasteiger partial charge in [-0.15, -0.1) is 0 Å². The Kier molecular flexibility index (Phi) is 4.69. The standard InChI is InChI=1S/C12H9Br2FN4O/c13-6-1-2-9(15)10(4-6)18-12(20)8-3-7(14)5-17-11(8)19-16/h1-5H,16H2,(H,17,19)(H,18,20). The summed E-state index contributed by atoms with van der Waals surface area (Å²) in [5.41, 5.74) is 2.58. The number of aromatic nitrogens is 1. The van der Waals surface area contributed by atoms with Crippen LogP contribution in [0.25, 0.3) is 0 Å². The minimum absolute atomic E-state index is 0.0623. The van der Waals surface area contributed by atoms with Crippen LogP contribution in [0.3, 0.4) is 0 Å². The summed E-state index contributed by atoms with van der Waals surface area (Å²) < 4.78 is 14.9. The van der Waals surface area contributed by atoms with Gasteiger partial charge in [0.05, 0.1) is 11.3 Å². The summed E-state index contributed by atoms with van der Waals surface area (Å²) in [6, 6.07) is 5.79. The van der Waals surface area contributed by atoms with E-state index in [0.717, 1.165) is 0 Å². The Labute approximate surface area is 131 Å². The van der Waals surface area contributed by atoms with E-state index in [4.69, 9.17) is 5.84 Å². The molecule has 1 aromatic heterocycles. The Hall–Kier alpha value is -1.51. The van der Waals surface area contributed by atoms with E-state index in [9.17, 15) is 9.18 Å². The molecule has 0 saturated carbocycles. The number of nitrogens with zero attached hydrogens (tertiary/aromatic N) is 1. The molecule has 2 aromatic rings. The first-order valence-electron chi connectivity index (χ1n) is 5.40. The third-order valence-corrected chi connectivity index (χ3v) is 3.34. The van der Waals surface area contributed by atoms with Crippen molar-refractivity contribution in [1.29, 1.82) is 0 Å². The minimum Gasteiger partial charge on any atom is -0.319 e. The fourth-order valence-electron chi connectivity index (χ4n) is 1.51. The highest BCUT2D eigenvalue weighted by atomic mass is 79.9. The monoisotopic (exact) mass is 402 g/mol. The number of pyridine rings is 1. The molecular formula is C12H9Br2FN4O. The number of amides is 1. The molecule has 104 valence electrons. The van der Waals surface area contributed by atoms with Gasteiger partial charge in [0.2, 0.25) is 0 Å². The van der Waals surface area contributed by atoms with Crippen LogP contribution in [0, 0.1) is 5.82 Å². The van der Waals surface area contributed by atoms with Crippen LogP contribution in [0.2, 0.25) is 0 Å². The van der Waals surface area contributed by atoms with Gasteiger partial charge in [0.15, 0.2) is 5.82 Å². The SMILES string of the molecule is NNc1ncc(Br)cc1C(=O)Nc1cc(Br)ccc1F. The molecule has 0 aliphatic rings. The predicted molar refractivity (Wildman–Crippen MR) is 81.8 cm³/mol. The molecule has 8 heteroatoms. The maximum atomic E-state index is 13.6. The molecule has 0 fully saturated rings. The molecule has 1 aromatic carbocycles. The van der Waals surface area contributed by atoms with Crippen molar-refractivity contribution in [3.8, 4) is 0 Å². The number of anilines is 2. The average molecular weight is 404 g/mol. The first-order valence-corrected chi connectivity index (χ1v) is 6.98. The van der Waals surface area contributed by atoms with Crippen molar-refractivity contribution in [2.24, 2.45) is 5.84 Å². The molecule has 0 atom stereocenters. The zero-order valence-electron chi connectivity index (χ0n) is 9.95. The lowest BCUT2D eigenvalue weighted by Crippen LogP contribution is -2.19. The highest BCUT2D eigenvalue weighted by Gasteiger charge is 2.15. The zero-order chi connectivity index (χ0) is 14.7. The van der Waals surface area contributed by atoms with E-state index < -0.39 is 11.7 Å². The van der Waals surface area contributed by atoms with Gasteiger partial charge in [0.1, 0.15) is 5.82 Å². The number of nitrogens with one attached hydrogen (secondary N) is 2. The van der Waals surface area contributed by atoms with Crippen molar-refractivity contribution >= 4 is 49.3 Å². The lowest BCUT2D eigenvalue weighted by atomic mass is 10.2. The summed E-state index contributed by atoms with van der Waals surface area (Å²) in [7, 11) is 0. The van der Waals surface area contributed by atoms with Crippen LogP contribution < -0.4 is 16.6 Å². The van der Waals surface area contributed by atoms with Crippen molar-refractivity contribution < 1.29 is 9.18 Å². The van der Waals surface area contributed by atoms with Gasteiger partial charge in [-0.25, -0.2) is 15.2 Å². The topological polar surface area (TPSA) is 80.0 Å². The fourth-order valence-corrected chi connectivity index (χ4v) is 2.20. The molecule has 0 bridgehead atoms. The third-order valence-electron chi connectivity index (χ3n) is 2.41. The van der Waals surface area contributed by atoms with Gasteiger partial charge in [-0.1, -0.05) is 15.9 Å². The van der Waals surface area contributed by atoms with Gasteiger partial charge in [-0.2, -0.15) is 0 Å². The second-order valence-corrected chi connectivity index (χ2v) is 5.60. The highest BCUT2D eigenvalue weighted by Crippen LogP contribution is 2.23. The second kappa shape index (κ2) is 6.29. The number of carbonyl (C=O) groups is 1. The van der Waals surface area contributed by atoms with Crippen LogP contribution in [0.4, 0.5) is 15.9 Å². The Morgan fingerprint density at radius 1 is 1.25 bits per heavy atom. The number of halogens is 3. The number of nitrogens with two attached hydrogens (primary N) is 1. The summed E-state index contributed by atoms with van der Waals surface area (Å²) in [4.78, 5) is 16.1. The van der Waals surface area contributed by atoms with E-state index >= 15 is 0 Å². The molecule has 0 spiro atoms. The van der Waals surface area contributed by atoms with Crippen molar-refractivity contribution in [3.63, 3.8) is 0 Å². The summed E-state index contributed by atoms with van der Waals surface area (Å²) in [5.74, 6) is 4.43. The number of rotatable bonds is 3. The lowest BCUT2D eigenvalue weighted by molar-refractivity contribution is 0.102. The molecule has 5 nitrogen and oxygen atoms in total. The summed E-state index contributed by atoms with van der Waals surface area (Å²) in [6.07, 6.45) is 1.49. The number of hydrogen-bond acceptors (Lipinski definition) is 4. The number of hydrogen-bond donors (Lipinski definition) is 3. The van der Waals surface area contributed by atoms with E-state index in [1.54, 1.807) is 6.07 Å². The van der Waals surface area contributed by atoms with Crippen molar-refractivity contribution in [2.75, 3.05) is 10.7 Å². The van der Waals surface area contributed by atoms with E-state index in [1.165, 1.54) is 24.4 Å². The number of nitrogen functional groups attached to an aromatic ring is 1. The lowest BCUT2D eigenvalue weighted by Gasteiger charge is -2.10. The normalized spacial score (nSPS) is 10.2. The second-order valence-electron chi connectivity index (χ2n) is 3.77. The highest BCUT2D eigenvalue weighted by molar-refractivity contribution is 9.10. The van der Waals surface area contributed by atoms with E-state index in [0.29, 0.717) is 8.95 Å². The first kappa shape index (κ1) is 14.9. The van der Waals surface area contributed by atoms with Gasteiger partial charge in [0, 0.05) is 15.1 Å². The summed E-state index contributed by atoms with van der Waals surface area (Å²) in [5, 5.41) is 2.47. The van der Waals surface area contributed by atoms with E-state index in [-0.39, 0.29) is 17.1 Å². The van der Waals surface area contributed by atoms with Gasteiger partial charge in [0.25, 0.3) is 5.91 Å². The molecule has 4 N–H and O–H groups in total. The quantitative estimate of drug-likeness (QED) is 0.542. The molecule has 0 saturated heterocycles. The molecule has 0 unspecified atom stereocenters. The fraction of sp³-hybridized carbons (Fsp3) is 0. The van der Waals surface area contributed by atoms with Crippen LogP contribution in [-0.4, -0.2) is 10.9 Å². The van der Waals surface area contributed by atoms with Crippen LogP contribution >= 0.6 is 31.9 Å². The molecule has 0 aliphatic heterocycles. The molecule has 20 heavy (non-hydrogen) atoms. The molecular weight excluding hydrogens is 395 g/mol. The maximum absolute atomic E-state index is 13.6. The van der Waals surface area contributed by atoms with Gasteiger partial charge >= 0.3 is 0 Å². The van der Waals surface area contributed by atoms with Gasteiger partial charge in [-0.05, 0) is 40.2 Å². The third kappa shape index (κ3) is 3.33. The number of carbonyl (C=O) groups excluding carboxylic acids is 1. The van der Waals surface area contributed by atoms with Crippen molar-refractivity contribution in [2.45, 2.75) is 0 Å². The maximum Gasteiger partial charge on any atom is 0.259 e. The van der Waals surface area contributed by atoms with Crippen LogP contribution in [0.15, 0.2) is 39.4 Å².